The van der Waals surface area contributed by atoms with Gasteiger partial charge < -0.3 is 15.8 Å². The summed E-state index contributed by atoms with van der Waals surface area (Å²) >= 11 is 1.68. The summed E-state index contributed by atoms with van der Waals surface area (Å²) in [7, 11) is 0. The molecule has 2 aliphatic rings. The van der Waals surface area contributed by atoms with Crippen molar-refractivity contribution in [3.8, 4) is 0 Å². The highest BCUT2D eigenvalue weighted by Crippen LogP contribution is 2.38. The van der Waals surface area contributed by atoms with Crippen molar-refractivity contribution in [3.05, 3.63) is 40.3 Å². The van der Waals surface area contributed by atoms with Crippen molar-refractivity contribution in [3.63, 3.8) is 0 Å². The smallest absolute Gasteiger partial charge is 0.199 e. The number of hydrogen-bond donors (Lipinski definition) is 3. The second kappa shape index (κ2) is 7.32. The molecule has 6 heteroatoms. The number of hydrogen-bond acceptors (Lipinski definition) is 6. The zero-order chi connectivity index (χ0) is 17.1. The number of nitrogens with two attached hydrogens (primary N) is 1. The van der Waals surface area contributed by atoms with Crippen LogP contribution in [0.15, 0.2) is 29.8 Å². The third-order valence-electron chi connectivity index (χ3n) is 5.32. The average Bonchev–Trinajstić information content (AvgIpc) is 3.00. The molecule has 4 N–H and O–H groups in total. The third-order valence-corrected chi connectivity index (χ3v) is 6.10. The molecule has 25 heavy (non-hydrogen) atoms. The van der Waals surface area contributed by atoms with Gasteiger partial charge >= 0.3 is 0 Å². The highest BCUT2D eigenvalue weighted by atomic mass is 32.1. The maximum atomic E-state index is 6.44. The van der Waals surface area contributed by atoms with Gasteiger partial charge in [0.1, 0.15) is 5.01 Å². The Morgan fingerprint density at radius 2 is 2.12 bits per heavy atom. The van der Waals surface area contributed by atoms with Gasteiger partial charge in [-0.2, -0.15) is 0 Å². The van der Waals surface area contributed by atoms with Crippen LogP contribution in [0.1, 0.15) is 49.1 Å². The van der Waals surface area contributed by atoms with Crippen molar-refractivity contribution in [2.75, 3.05) is 11.1 Å². The summed E-state index contributed by atoms with van der Waals surface area (Å²) in [6.07, 6.45) is 9.41. The van der Waals surface area contributed by atoms with Gasteiger partial charge in [-0.15, -0.1) is 11.3 Å². The number of nitrogens with one attached hydrogen (secondary N) is 2. The van der Waals surface area contributed by atoms with Gasteiger partial charge in [-0.3, -0.25) is 5.32 Å². The molecule has 0 amide bonds. The van der Waals surface area contributed by atoms with Gasteiger partial charge in [0, 0.05) is 34.4 Å². The number of anilines is 2. The van der Waals surface area contributed by atoms with Gasteiger partial charge in [-0.1, -0.05) is 25.7 Å². The van der Waals surface area contributed by atoms with E-state index in [9.17, 15) is 0 Å². The number of nitrogens with zero attached hydrogens (tertiary/aromatic N) is 1. The molecule has 5 nitrogen and oxygen atoms in total. The first-order valence-corrected chi connectivity index (χ1v) is 10.1. The SMILES string of the molecule is Nc1ccc2c(c1)COC(NCc1nccs1)(C1CCCCCC1)N2. The van der Waals surface area contributed by atoms with Crippen molar-refractivity contribution < 1.29 is 4.74 Å². The zero-order valence-electron chi connectivity index (χ0n) is 14.5. The standard InChI is InChI=1S/C19H26N4OS/c20-16-7-8-17-14(11-16)13-24-19(23-17,15-5-3-1-2-4-6-15)22-12-18-21-9-10-25-18/h7-11,15,22-23H,1-6,12-13,20H2. The van der Waals surface area contributed by atoms with Crippen LogP contribution in [-0.4, -0.2) is 10.8 Å². The molecule has 1 aliphatic carbocycles. The number of rotatable bonds is 4. The highest BCUT2D eigenvalue weighted by Gasteiger charge is 2.42. The molecule has 0 radical (unpaired) electrons. The number of benzene rings is 1. The molecule has 0 bridgehead atoms. The highest BCUT2D eigenvalue weighted by molar-refractivity contribution is 7.09. The Balaban J connectivity index is 1.60. The van der Waals surface area contributed by atoms with Crippen LogP contribution in [0.3, 0.4) is 0 Å². The number of aromatic nitrogens is 1. The summed E-state index contributed by atoms with van der Waals surface area (Å²) < 4.78 is 6.44. The van der Waals surface area contributed by atoms with Crippen molar-refractivity contribution in [2.45, 2.75) is 57.5 Å². The van der Waals surface area contributed by atoms with Crippen LogP contribution in [-0.2, 0) is 17.9 Å². The molecule has 1 atom stereocenters. The predicted octanol–water partition coefficient (Wildman–Crippen LogP) is 4.08. The fourth-order valence-electron chi connectivity index (χ4n) is 3.98. The summed E-state index contributed by atoms with van der Waals surface area (Å²) in [4.78, 5) is 4.41. The molecule has 2 heterocycles. The van der Waals surface area contributed by atoms with E-state index in [4.69, 9.17) is 10.5 Å². The van der Waals surface area contributed by atoms with Crippen LogP contribution >= 0.6 is 11.3 Å². The Kier molecular flexibility index (Phi) is 4.92. The Labute approximate surface area is 153 Å². The van der Waals surface area contributed by atoms with Gasteiger partial charge in [-0.25, -0.2) is 4.98 Å². The van der Waals surface area contributed by atoms with Crippen molar-refractivity contribution >= 4 is 22.7 Å². The van der Waals surface area contributed by atoms with Gasteiger partial charge in [0.25, 0.3) is 0 Å². The Hall–Kier alpha value is -1.63. The van der Waals surface area contributed by atoms with Crippen LogP contribution in [0, 0.1) is 5.92 Å². The molecule has 134 valence electrons. The fourth-order valence-corrected chi connectivity index (χ4v) is 4.53. The number of thiazole rings is 1. The van der Waals surface area contributed by atoms with Crippen LogP contribution in [0.5, 0.6) is 0 Å². The molecule has 1 aromatic carbocycles. The zero-order valence-corrected chi connectivity index (χ0v) is 15.3. The van der Waals surface area contributed by atoms with Crippen molar-refractivity contribution in [1.82, 2.24) is 10.3 Å². The number of ether oxygens (including phenoxy) is 1. The summed E-state index contributed by atoms with van der Waals surface area (Å²) in [6.45, 7) is 1.29. The van der Waals surface area contributed by atoms with E-state index in [0.29, 0.717) is 19.1 Å². The van der Waals surface area contributed by atoms with Gasteiger partial charge in [0.2, 0.25) is 0 Å². The molecule has 2 aromatic rings. The molecule has 0 saturated heterocycles. The van der Waals surface area contributed by atoms with E-state index in [0.717, 1.165) is 21.9 Å². The lowest BCUT2D eigenvalue weighted by atomic mass is 9.92. The summed E-state index contributed by atoms with van der Waals surface area (Å²) in [5.41, 5.74) is 8.96. The maximum Gasteiger partial charge on any atom is 0.199 e. The monoisotopic (exact) mass is 358 g/mol. The molecule has 0 spiro atoms. The fraction of sp³-hybridized carbons (Fsp3) is 0.526. The third kappa shape index (κ3) is 3.66. The van der Waals surface area contributed by atoms with E-state index >= 15 is 0 Å². The molecule has 1 aliphatic heterocycles. The van der Waals surface area contributed by atoms with E-state index in [2.05, 4.69) is 21.7 Å². The second-order valence-corrected chi connectivity index (χ2v) is 8.01. The van der Waals surface area contributed by atoms with Crippen LogP contribution < -0.4 is 16.4 Å². The molecular weight excluding hydrogens is 332 g/mol. The first kappa shape index (κ1) is 16.8. The van der Waals surface area contributed by atoms with Crippen LogP contribution in [0.4, 0.5) is 11.4 Å². The predicted molar refractivity (Wildman–Crippen MR) is 102 cm³/mol. The largest absolute Gasteiger partial charge is 0.399 e. The average molecular weight is 359 g/mol. The molecule has 1 aromatic heterocycles. The first-order chi connectivity index (χ1) is 12.3. The van der Waals surface area contributed by atoms with Crippen LogP contribution in [0.2, 0.25) is 0 Å². The van der Waals surface area contributed by atoms with E-state index < -0.39 is 5.85 Å². The molecule has 1 fully saturated rings. The van der Waals surface area contributed by atoms with Gasteiger partial charge in [0.05, 0.1) is 13.2 Å². The Bertz CT molecular complexity index is 697. The van der Waals surface area contributed by atoms with E-state index in [1.54, 1.807) is 11.3 Å². The van der Waals surface area contributed by atoms with E-state index in [-0.39, 0.29) is 0 Å². The Morgan fingerprint density at radius 1 is 1.28 bits per heavy atom. The number of fused-ring (bicyclic) bond motifs is 1. The summed E-state index contributed by atoms with van der Waals surface area (Å²) in [5.74, 6) is -0.0836. The minimum Gasteiger partial charge on any atom is -0.399 e. The minimum absolute atomic E-state index is 0.445. The quantitative estimate of drug-likeness (QED) is 0.567. The molecule has 1 saturated carbocycles. The minimum atomic E-state index is -0.529. The lowest BCUT2D eigenvalue weighted by molar-refractivity contribution is -0.112. The summed E-state index contributed by atoms with van der Waals surface area (Å²) in [6, 6.07) is 6.03. The Morgan fingerprint density at radius 3 is 2.88 bits per heavy atom. The van der Waals surface area contributed by atoms with Crippen molar-refractivity contribution in [2.24, 2.45) is 5.92 Å². The number of nitrogen functional groups attached to an aromatic ring is 1. The van der Waals surface area contributed by atoms with E-state index in [1.165, 1.54) is 38.5 Å². The lowest BCUT2D eigenvalue weighted by Gasteiger charge is -2.45. The normalized spacial score (nSPS) is 24.3. The van der Waals surface area contributed by atoms with Crippen molar-refractivity contribution in [1.29, 1.82) is 0 Å². The van der Waals surface area contributed by atoms with Crippen LogP contribution in [0.25, 0.3) is 0 Å². The molecular formula is C19H26N4OS. The first-order valence-electron chi connectivity index (χ1n) is 9.19. The molecule has 1 unspecified atom stereocenters. The maximum absolute atomic E-state index is 6.44. The van der Waals surface area contributed by atoms with Gasteiger partial charge in [0.15, 0.2) is 5.85 Å². The topological polar surface area (TPSA) is 72.2 Å². The van der Waals surface area contributed by atoms with Gasteiger partial charge in [-0.05, 0) is 31.0 Å². The van der Waals surface area contributed by atoms with E-state index in [1.807, 2.05) is 23.7 Å². The summed E-state index contributed by atoms with van der Waals surface area (Å²) in [5, 5.41) is 10.5. The second-order valence-electron chi connectivity index (χ2n) is 7.03. The molecule has 4 rings (SSSR count). The lowest BCUT2D eigenvalue weighted by Crippen LogP contribution is -2.60.